The molecule has 0 radical (unpaired) electrons. The third-order valence-corrected chi connectivity index (χ3v) is 4.73. The predicted molar refractivity (Wildman–Crippen MR) is 96.4 cm³/mol. The zero-order valence-corrected chi connectivity index (χ0v) is 14.0. The molecule has 1 amide bonds. The molecule has 0 spiro atoms. The number of hydrogen-bond donors (Lipinski definition) is 2. The van der Waals surface area contributed by atoms with E-state index in [1.807, 2.05) is 43.3 Å². The minimum atomic E-state index is -0.483. The highest BCUT2D eigenvalue weighted by atomic mass is 16.5. The fourth-order valence-electron chi connectivity index (χ4n) is 3.36. The molecule has 4 heteroatoms. The first-order valence-corrected chi connectivity index (χ1v) is 8.46. The third-order valence-electron chi connectivity index (χ3n) is 4.73. The standard InChI is InChI=1S/C20H24N2O2/c1-20(12-4-6-15-5-2-3-7-18(15)20)19(23)22-16-8-10-17(11-9-16)24-14-13-21/h2-3,5,7-11H,4,6,12-14,21H2,1H3,(H,22,23). The molecule has 2 aromatic rings. The molecule has 1 aliphatic rings. The second-order valence-corrected chi connectivity index (χ2v) is 6.46. The number of carbonyl (C=O) groups excluding carboxylic acids is 1. The van der Waals surface area contributed by atoms with Crippen LogP contribution >= 0.6 is 0 Å². The predicted octanol–water partition coefficient (Wildman–Crippen LogP) is 3.26. The van der Waals surface area contributed by atoms with Crippen LogP contribution in [0, 0.1) is 0 Å². The van der Waals surface area contributed by atoms with Crippen LogP contribution in [0.4, 0.5) is 5.69 Å². The van der Waals surface area contributed by atoms with Crippen LogP contribution in [-0.2, 0) is 16.6 Å². The molecule has 126 valence electrons. The van der Waals surface area contributed by atoms with Crippen LogP contribution in [0.2, 0.25) is 0 Å². The summed E-state index contributed by atoms with van der Waals surface area (Å²) in [5, 5.41) is 3.06. The minimum absolute atomic E-state index is 0.0466. The fourth-order valence-corrected chi connectivity index (χ4v) is 3.36. The minimum Gasteiger partial charge on any atom is -0.492 e. The van der Waals surface area contributed by atoms with Crippen molar-refractivity contribution in [3.8, 4) is 5.75 Å². The normalized spacial score (nSPS) is 19.4. The summed E-state index contributed by atoms with van der Waals surface area (Å²) in [5.74, 6) is 0.804. The molecule has 3 N–H and O–H groups in total. The first kappa shape index (κ1) is 16.5. The van der Waals surface area contributed by atoms with Gasteiger partial charge < -0.3 is 15.8 Å². The van der Waals surface area contributed by atoms with Gasteiger partial charge >= 0.3 is 0 Å². The summed E-state index contributed by atoms with van der Waals surface area (Å²) in [6.45, 7) is 3.01. The number of benzene rings is 2. The van der Waals surface area contributed by atoms with E-state index in [9.17, 15) is 4.79 Å². The van der Waals surface area contributed by atoms with Crippen molar-refractivity contribution < 1.29 is 9.53 Å². The Kier molecular flexibility index (Phi) is 4.86. The van der Waals surface area contributed by atoms with Crippen molar-refractivity contribution in [2.75, 3.05) is 18.5 Å². The van der Waals surface area contributed by atoms with Gasteiger partial charge in [0.1, 0.15) is 12.4 Å². The number of anilines is 1. The Balaban J connectivity index is 1.75. The highest BCUT2D eigenvalue weighted by molar-refractivity contribution is 5.99. The van der Waals surface area contributed by atoms with Crippen LogP contribution in [0.3, 0.4) is 0 Å². The van der Waals surface area contributed by atoms with Gasteiger partial charge in [0.2, 0.25) is 5.91 Å². The van der Waals surface area contributed by atoms with E-state index in [4.69, 9.17) is 10.5 Å². The number of hydrogen-bond acceptors (Lipinski definition) is 3. The van der Waals surface area contributed by atoms with Gasteiger partial charge in [-0.2, -0.15) is 0 Å². The maximum absolute atomic E-state index is 13.0. The van der Waals surface area contributed by atoms with Crippen molar-refractivity contribution in [3.05, 3.63) is 59.7 Å². The van der Waals surface area contributed by atoms with E-state index in [0.717, 1.165) is 36.3 Å². The number of nitrogens with two attached hydrogens (primary N) is 1. The van der Waals surface area contributed by atoms with Gasteiger partial charge in [-0.25, -0.2) is 0 Å². The molecule has 1 aliphatic carbocycles. The summed E-state index contributed by atoms with van der Waals surface area (Å²) in [6, 6.07) is 15.7. The lowest BCUT2D eigenvalue weighted by Crippen LogP contribution is -2.40. The van der Waals surface area contributed by atoms with E-state index in [0.29, 0.717) is 13.2 Å². The summed E-state index contributed by atoms with van der Waals surface area (Å²) in [7, 11) is 0. The highest BCUT2D eigenvalue weighted by Gasteiger charge is 2.38. The molecule has 3 rings (SSSR count). The Morgan fingerprint density at radius 2 is 1.96 bits per heavy atom. The van der Waals surface area contributed by atoms with Crippen LogP contribution in [0.1, 0.15) is 30.9 Å². The number of amides is 1. The number of carbonyl (C=O) groups is 1. The number of ether oxygens (including phenoxy) is 1. The van der Waals surface area contributed by atoms with E-state index in [2.05, 4.69) is 17.4 Å². The molecule has 1 unspecified atom stereocenters. The van der Waals surface area contributed by atoms with E-state index < -0.39 is 5.41 Å². The van der Waals surface area contributed by atoms with Crippen molar-refractivity contribution in [1.82, 2.24) is 0 Å². The lowest BCUT2D eigenvalue weighted by Gasteiger charge is -2.34. The second-order valence-electron chi connectivity index (χ2n) is 6.46. The first-order valence-electron chi connectivity index (χ1n) is 8.46. The largest absolute Gasteiger partial charge is 0.492 e. The van der Waals surface area contributed by atoms with Crippen LogP contribution < -0.4 is 15.8 Å². The SMILES string of the molecule is CC1(C(=O)Nc2ccc(OCCN)cc2)CCCc2ccccc21. The summed E-state index contributed by atoms with van der Waals surface area (Å²) in [5.41, 5.74) is 8.16. The van der Waals surface area contributed by atoms with Gasteiger partial charge in [0.25, 0.3) is 0 Å². The molecular formula is C20H24N2O2. The van der Waals surface area contributed by atoms with E-state index >= 15 is 0 Å². The van der Waals surface area contributed by atoms with E-state index in [1.54, 1.807) is 0 Å². The lowest BCUT2D eigenvalue weighted by atomic mass is 9.70. The molecular weight excluding hydrogens is 300 g/mol. The Bertz CT molecular complexity index is 712. The van der Waals surface area contributed by atoms with Gasteiger partial charge in [-0.05, 0) is 61.6 Å². The Morgan fingerprint density at radius 3 is 2.71 bits per heavy atom. The van der Waals surface area contributed by atoms with Crippen molar-refractivity contribution in [3.63, 3.8) is 0 Å². The van der Waals surface area contributed by atoms with Crippen LogP contribution in [-0.4, -0.2) is 19.1 Å². The third kappa shape index (κ3) is 3.29. The molecule has 0 aromatic heterocycles. The summed E-state index contributed by atoms with van der Waals surface area (Å²) in [4.78, 5) is 13.0. The molecule has 0 heterocycles. The molecule has 0 saturated heterocycles. The van der Waals surface area contributed by atoms with Gasteiger partial charge in [0.05, 0.1) is 5.41 Å². The van der Waals surface area contributed by atoms with Gasteiger partial charge in [-0.15, -0.1) is 0 Å². The zero-order valence-electron chi connectivity index (χ0n) is 14.0. The zero-order chi connectivity index (χ0) is 17.0. The molecule has 1 atom stereocenters. The summed E-state index contributed by atoms with van der Waals surface area (Å²) < 4.78 is 5.46. The molecule has 0 aliphatic heterocycles. The lowest BCUT2D eigenvalue weighted by molar-refractivity contribution is -0.121. The fraction of sp³-hybridized carbons (Fsp3) is 0.350. The first-order chi connectivity index (χ1) is 11.6. The average Bonchev–Trinajstić information content (AvgIpc) is 2.61. The van der Waals surface area contributed by atoms with Crippen LogP contribution in [0.15, 0.2) is 48.5 Å². The number of aryl methyl sites for hydroxylation is 1. The molecule has 0 saturated carbocycles. The summed E-state index contributed by atoms with van der Waals surface area (Å²) >= 11 is 0. The average molecular weight is 324 g/mol. The van der Waals surface area contributed by atoms with Crippen molar-refractivity contribution >= 4 is 11.6 Å². The smallest absolute Gasteiger partial charge is 0.234 e. The maximum atomic E-state index is 13.0. The van der Waals surface area contributed by atoms with Crippen molar-refractivity contribution in [2.24, 2.45) is 5.73 Å². The summed E-state index contributed by atoms with van der Waals surface area (Å²) in [6.07, 6.45) is 2.95. The van der Waals surface area contributed by atoms with Gasteiger partial charge in [0, 0.05) is 12.2 Å². The van der Waals surface area contributed by atoms with Gasteiger partial charge in [-0.1, -0.05) is 24.3 Å². The molecule has 4 nitrogen and oxygen atoms in total. The molecule has 0 bridgehead atoms. The van der Waals surface area contributed by atoms with Crippen LogP contribution in [0.25, 0.3) is 0 Å². The Hall–Kier alpha value is -2.33. The highest BCUT2D eigenvalue weighted by Crippen LogP contribution is 2.38. The Labute approximate surface area is 143 Å². The topological polar surface area (TPSA) is 64.3 Å². The maximum Gasteiger partial charge on any atom is 0.234 e. The van der Waals surface area contributed by atoms with Gasteiger partial charge in [-0.3, -0.25) is 4.79 Å². The molecule has 0 fully saturated rings. The van der Waals surface area contributed by atoms with Crippen molar-refractivity contribution in [1.29, 1.82) is 0 Å². The van der Waals surface area contributed by atoms with Gasteiger partial charge in [0.15, 0.2) is 0 Å². The number of rotatable bonds is 5. The second kappa shape index (κ2) is 7.05. The quantitative estimate of drug-likeness (QED) is 0.887. The molecule has 24 heavy (non-hydrogen) atoms. The molecule has 2 aromatic carbocycles. The monoisotopic (exact) mass is 324 g/mol. The van der Waals surface area contributed by atoms with E-state index in [1.165, 1.54) is 5.56 Å². The van der Waals surface area contributed by atoms with Crippen LogP contribution in [0.5, 0.6) is 5.75 Å². The number of fused-ring (bicyclic) bond motifs is 1. The van der Waals surface area contributed by atoms with Crippen molar-refractivity contribution in [2.45, 2.75) is 31.6 Å². The Morgan fingerprint density at radius 1 is 1.21 bits per heavy atom. The van der Waals surface area contributed by atoms with E-state index in [-0.39, 0.29) is 5.91 Å². The number of nitrogens with one attached hydrogen (secondary N) is 1.